The molecule has 7 heteroatoms. The summed E-state index contributed by atoms with van der Waals surface area (Å²) in [6.07, 6.45) is 1.24. The van der Waals surface area contributed by atoms with Crippen LogP contribution >= 0.6 is 0 Å². The number of aromatic nitrogens is 3. The first-order valence-electron chi connectivity index (χ1n) is 10.3. The zero-order chi connectivity index (χ0) is 21.8. The van der Waals surface area contributed by atoms with Crippen LogP contribution in [0.25, 0.3) is 11.4 Å². The lowest BCUT2D eigenvalue weighted by Crippen LogP contribution is -2.36. The van der Waals surface area contributed by atoms with Crippen molar-refractivity contribution in [1.82, 2.24) is 14.8 Å². The van der Waals surface area contributed by atoms with E-state index < -0.39 is 6.04 Å². The zero-order valence-corrected chi connectivity index (χ0v) is 17.7. The summed E-state index contributed by atoms with van der Waals surface area (Å²) in [5.74, 6) is 2.05. The van der Waals surface area contributed by atoms with Gasteiger partial charge in [0.1, 0.15) is 17.5 Å². The molecule has 0 amide bonds. The summed E-state index contributed by atoms with van der Waals surface area (Å²) in [5.41, 5.74) is 3.12. The maximum Gasteiger partial charge on any atom is 0.226 e. The maximum absolute atomic E-state index is 13.3. The number of hydrogen-bond acceptors (Lipinski definition) is 6. The van der Waals surface area contributed by atoms with Gasteiger partial charge in [0, 0.05) is 23.3 Å². The van der Waals surface area contributed by atoms with Crippen molar-refractivity contribution in [2.24, 2.45) is 5.41 Å². The minimum Gasteiger partial charge on any atom is -0.508 e. The van der Waals surface area contributed by atoms with Gasteiger partial charge in [-0.05, 0) is 41.7 Å². The number of phenolic OH excluding ortho intramolecular Hbond substituents is 1. The van der Waals surface area contributed by atoms with Crippen LogP contribution in [0.3, 0.4) is 0 Å². The number of ether oxygens (including phenoxy) is 1. The van der Waals surface area contributed by atoms with E-state index in [0.717, 1.165) is 29.0 Å². The molecule has 5 rings (SSSR count). The Hall–Kier alpha value is -3.61. The van der Waals surface area contributed by atoms with Crippen molar-refractivity contribution in [3.05, 3.63) is 65.4 Å². The van der Waals surface area contributed by atoms with Crippen LogP contribution in [-0.4, -0.2) is 32.8 Å². The smallest absolute Gasteiger partial charge is 0.226 e. The predicted molar refractivity (Wildman–Crippen MR) is 117 cm³/mol. The lowest BCUT2D eigenvalue weighted by Gasteiger charge is -2.38. The number of ketones is 1. The second kappa shape index (κ2) is 6.97. The van der Waals surface area contributed by atoms with Gasteiger partial charge >= 0.3 is 0 Å². The zero-order valence-electron chi connectivity index (χ0n) is 17.7. The Bertz CT molecular complexity index is 1230. The molecule has 2 heterocycles. The normalized spacial score (nSPS) is 19.5. The van der Waals surface area contributed by atoms with E-state index in [4.69, 9.17) is 14.8 Å². The third-order valence-corrected chi connectivity index (χ3v) is 5.85. The highest BCUT2D eigenvalue weighted by Crippen LogP contribution is 2.46. The number of hydrogen-bond donors (Lipinski definition) is 2. The van der Waals surface area contributed by atoms with E-state index >= 15 is 0 Å². The predicted octanol–water partition coefficient (Wildman–Crippen LogP) is 4.32. The fourth-order valence-corrected chi connectivity index (χ4v) is 4.50. The summed E-state index contributed by atoms with van der Waals surface area (Å²) in [6.45, 7) is 4.21. The lowest BCUT2D eigenvalue weighted by atomic mass is 9.73. The van der Waals surface area contributed by atoms with Crippen LogP contribution in [0.15, 0.2) is 59.8 Å². The number of Topliss-reactive ketones (excluding diaryl/α,β-unsaturated/α-hetero) is 1. The monoisotopic (exact) mass is 416 g/mol. The van der Waals surface area contributed by atoms with Gasteiger partial charge < -0.3 is 15.2 Å². The van der Waals surface area contributed by atoms with Crippen LogP contribution in [0.2, 0.25) is 0 Å². The van der Waals surface area contributed by atoms with Crippen molar-refractivity contribution >= 4 is 11.7 Å². The number of carbonyl (C=O) groups is 1. The van der Waals surface area contributed by atoms with E-state index in [1.165, 1.54) is 0 Å². The largest absolute Gasteiger partial charge is 0.508 e. The highest BCUT2D eigenvalue weighted by Gasteiger charge is 2.42. The van der Waals surface area contributed by atoms with Gasteiger partial charge in [0.2, 0.25) is 5.95 Å². The van der Waals surface area contributed by atoms with Gasteiger partial charge in [-0.25, -0.2) is 4.68 Å². The van der Waals surface area contributed by atoms with Gasteiger partial charge in [0.25, 0.3) is 0 Å². The fraction of sp³-hybridized carbons (Fsp3) is 0.292. The molecule has 0 bridgehead atoms. The minimum absolute atomic E-state index is 0.117. The van der Waals surface area contributed by atoms with Crippen molar-refractivity contribution in [1.29, 1.82) is 0 Å². The average molecular weight is 416 g/mol. The van der Waals surface area contributed by atoms with Crippen molar-refractivity contribution in [2.75, 3.05) is 12.4 Å². The van der Waals surface area contributed by atoms with E-state index in [1.54, 1.807) is 30.0 Å². The third kappa shape index (κ3) is 3.36. The number of anilines is 1. The average Bonchev–Trinajstić information content (AvgIpc) is 3.15. The number of nitrogens with zero attached hydrogens (tertiary/aromatic N) is 3. The van der Waals surface area contributed by atoms with Crippen molar-refractivity contribution in [3.8, 4) is 22.9 Å². The van der Waals surface area contributed by atoms with E-state index in [1.807, 2.05) is 30.3 Å². The summed E-state index contributed by atoms with van der Waals surface area (Å²) in [5, 5.41) is 18.0. The van der Waals surface area contributed by atoms with E-state index in [2.05, 4.69) is 19.2 Å². The van der Waals surface area contributed by atoms with Gasteiger partial charge in [-0.1, -0.05) is 38.1 Å². The Kier molecular flexibility index (Phi) is 4.36. The Morgan fingerprint density at radius 1 is 1.16 bits per heavy atom. The molecular weight excluding hydrogens is 392 g/mol. The number of nitrogens with one attached hydrogen (secondary N) is 1. The number of methoxy groups -OCH3 is 1. The number of benzene rings is 2. The molecule has 3 aromatic rings. The lowest BCUT2D eigenvalue weighted by molar-refractivity contribution is -0.118. The van der Waals surface area contributed by atoms with Crippen LogP contribution in [-0.2, 0) is 4.79 Å². The first-order valence-corrected chi connectivity index (χ1v) is 10.3. The van der Waals surface area contributed by atoms with Gasteiger partial charge in [-0.15, -0.1) is 5.10 Å². The van der Waals surface area contributed by atoms with Crippen LogP contribution in [0, 0.1) is 5.41 Å². The summed E-state index contributed by atoms with van der Waals surface area (Å²) in [6, 6.07) is 14.2. The first-order chi connectivity index (χ1) is 14.8. The van der Waals surface area contributed by atoms with Crippen LogP contribution in [0.5, 0.6) is 11.5 Å². The number of carbonyl (C=O) groups excluding carboxylic acids is 1. The summed E-state index contributed by atoms with van der Waals surface area (Å²) in [7, 11) is 1.63. The fourth-order valence-electron chi connectivity index (χ4n) is 4.50. The van der Waals surface area contributed by atoms with Crippen LogP contribution < -0.4 is 10.1 Å². The van der Waals surface area contributed by atoms with Crippen molar-refractivity contribution < 1.29 is 14.6 Å². The summed E-state index contributed by atoms with van der Waals surface area (Å²) in [4.78, 5) is 18.0. The molecule has 1 unspecified atom stereocenters. The molecule has 0 radical (unpaired) electrons. The minimum atomic E-state index is -0.400. The molecule has 0 fully saturated rings. The molecule has 31 heavy (non-hydrogen) atoms. The second-order valence-corrected chi connectivity index (χ2v) is 8.89. The Morgan fingerprint density at radius 2 is 1.97 bits per heavy atom. The molecule has 7 nitrogen and oxygen atoms in total. The highest BCUT2D eigenvalue weighted by molar-refractivity contribution is 6.00. The Labute approximate surface area is 180 Å². The molecule has 1 atom stereocenters. The number of aromatic hydroxyl groups is 1. The molecule has 2 aliphatic rings. The molecule has 0 saturated carbocycles. The van der Waals surface area contributed by atoms with Gasteiger partial charge in [0.15, 0.2) is 11.6 Å². The second-order valence-electron chi connectivity index (χ2n) is 8.89. The third-order valence-electron chi connectivity index (χ3n) is 5.85. The van der Waals surface area contributed by atoms with Crippen molar-refractivity contribution in [2.45, 2.75) is 32.7 Å². The molecular formula is C24H24N4O3. The maximum atomic E-state index is 13.3. The SMILES string of the molecule is COc1cccc(C2C3=C(CC(C)(C)CC3=O)Nc3nc(-c4cccc(O)c4)nn32)c1. The number of rotatable bonds is 3. The Morgan fingerprint density at radius 3 is 2.74 bits per heavy atom. The van der Waals surface area contributed by atoms with Crippen molar-refractivity contribution in [3.63, 3.8) is 0 Å². The van der Waals surface area contributed by atoms with Gasteiger partial charge in [-0.3, -0.25) is 4.79 Å². The summed E-state index contributed by atoms with van der Waals surface area (Å²) >= 11 is 0. The van der Waals surface area contributed by atoms with Gasteiger partial charge in [-0.2, -0.15) is 4.98 Å². The topological polar surface area (TPSA) is 89.3 Å². The number of phenols is 1. The molecule has 158 valence electrons. The molecule has 2 N–H and O–H groups in total. The van der Waals surface area contributed by atoms with E-state index in [-0.39, 0.29) is 16.9 Å². The Balaban J connectivity index is 1.69. The van der Waals surface area contributed by atoms with Crippen LogP contribution in [0.4, 0.5) is 5.95 Å². The number of allylic oxidation sites excluding steroid dienone is 2. The highest BCUT2D eigenvalue weighted by atomic mass is 16.5. The van der Waals surface area contributed by atoms with E-state index in [9.17, 15) is 9.90 Å². The molecule has 2 aromatic carbocycles. The molecule has 0 saturated heterocycles. The van der Waals surface area contributed by atoms with Crippen LogP contribution in [0.1, 0.15) is 38.3 Å². The molecule has 0 spiro atoms. The molecule has 1 aliphatic carbocycles. The standard InChI is InChI=1S/C24H24N4O3/c1-24(2)12-18-20(19(30)13-24)21(14-6-5-9-17(11-14)31-3)28-23(25-18)26-22(27-28)15-7-4-8-16(29)10-15/h4-11,21,29H,12-13H2,1-3H3,(H,25,26,27). The first kappa shape index (κ1) is 19.4. The van der Waals surface area contributed by atoms with E-state index in [0.29, 0.717) is 23.8 Å². The summed E-state index contributed by atoms with van der Waals surface area (Å²) < 4.78 is 7.19. The number of fused-ring (bicyclic) bond motifs is 1. The van der Waals surface area contributed by atoms with Gasteiger partial charge in [0.05, 0.1) is 7.11 Å². The molecule has 1 aromatic heterocycles. The molecule has 1 aliphatic heterocycles. The quantitative estimate of drug-likeness (QED) is 0.661.